The Morgan fingerprint density at radius 1 is 1.21 bits per heavy atom. The Bertz CT molecular complexity index is 795. The second-order valence-corrected chi connectivity index (χ2v) is 6.87. The van der Waals surface area contributed by atoms with Gasteiger partial charge in [-0.1, -0.05) is 23.8 Å². The first-order valence-electron chi connectivity index (χ1n) is 9.22. The largest absolute Gasteiger partial charge is 0.484 e. The molecule has 0 N–H and O–H groups in total. The van der Waals surface area contributed by atoms with Crippen LogP contribution in [0.2, 0.25) is 0 Å². The summed E-state index contributed by atoms with van der Waals surface area (Å²) < 4.78 is 11.1. The van der Waals surface area contributed by atoms with Gasteiger partial charge in [0.05, 0.1) is 12.6 Å². The predicted octanol–water partition coefficient (Wildman–Crippen LogP) is 1.65. The van der Waals surface area contributed by atoms with Crippen LogP contribution in [-0.2, 0) is 20.9 Å². The van der Waals surface area contributed by atoms with Crippen LogP contribution in [0.25, 0.3) is 0 Å². The number of amides is 2. The summed E-state index contributed by atoms with van der Waals surface area (Å²) in [7, 11) is 1.59. The molecular formula is C21H25N3O4. The lowest BCUT2D eigenvalue weighted by molar-refractivity contribution is -0.140. The molecule has 3 rings (SSSR count). The zero-order valence-corrected chi connectivity index (χ0v) is 16.2. The Morgan fingerprint density at radius 3 is 2.68 bits per heavy atom. The molecule has 1 aliphatic heterocycles. The number of ether oxygens (including phenoxy) is 2. The van der Waals surface area contributed by atoms with E-state index in [1.165, 1.54) is 4.90 Å². The van der Waals surface area contributed by atoms with Crippen molar-refractivity contribution in [1.29, 1.82) is 0 Å². The van der Waals surface area contributed by atoms with E-state index in [1.807, 2.05) is 43.3 Å². The highest BCUT2D eigenvalue weighted by Crippen LogP contribution is 2.14. The summed E-state index contributed by atoms with van der Waals surface area (Å²) in [6.45, 7) is 3.09. The van der Waals surface area contributed by atoms with Crippen molar-refractivity contribution in [1.82, 2.24) is 14.8 Å². The van der Waals surface area contributed by atoms with Gasteiger partial charge in [-0.15, -0.1) is 0 Å². The van der Waals surface area contributed by atoms with E-state index in [0.717, 1.165) is 11.1 Å². The normalized spacial score (nSPS) is 17.4. The number of benzene rings is 1. The summed E-state index contributed by atoms with van der Waals surface area (Å²) in [5.74, 6) is 0.271. The standard InChI is InChI=1S/C21H25N3O4/c1-16-5-7-18(8-6-16)28-15-21(26)24-13-19(27-2)12-23(20(25)14-24)11-17-4-3-9-22-10-17/h3-10,19H,11-15H2,1-2H3/t19-/m1/s1. The fourth-order valence-corrected chi connectivity index (χ4v) is 3.05. The zero-order chi connectivity index (χ0) is 19.9. The molecule has 1 aromatic carbocycles. The fourth-order valence-electron chi connectivity index (χ4n) is 3.05. The van der Waals surface area contributed by atoms with Crippen molar-refractivity contribution in [2.75, 3.05) is 33.4 Å². The van der Waals surface area contributed by atoms with Crippen LogP contribution in [0.1, 0.15) is 11.1 Å². The molecule has 1 saturated heterocycles. The van der Waals surface area contributed by atoms with Gasteiger partial charge in [-0.05, 0) is 30.7 Å². The molecule has 7 heteroatoms. The number of nitrogens with zero attached hydrogens (tertiary/aromatic N) is 3. The SMILES string of the molecule is CO[C@H]1CN(C(=O)COc2ccc(C)cc2)CC(=O)N(Cc2cccnc2)C1. The smallest absolute Gasteiger partial charge is 0.261 e. The van der Waals surface area contributed by atoms with Crippen LogP contribution < -0.4 is 4.74 Å². The van der Waals surface area contributed by atoms with Crippen LogP contribution in [0.4, 0.5) is 0 Å². The lowest BCUT2D eigenvalue weighted by Crippen LogP contribution is -2.42. The number of methoxy groups -OCH3 is 1. The van der Waals surface area contributed by atoms with Crippen molar-refractivity contribution in [3.05, 3.63) is 59.9 Å². The molecule has 0 radical (unpaired) electrons. The zero-order valence-electron chi connectivity index (χ0n) is 16.2. The molecule has 0 aliphatic carbocycles. The summed E-state index contributed by atoms with van der Waals surface area (Å²) >= 11 is 0. The summed E-state index contributed by atoms with van der Waals surface area (Å²) in [6.07, 6.45) is 3.17. The van der Waals surface area contributed by atoms with Crippen LogP contribution in [0, 0.1) is 6.92 Å². The highest BCUT2D eigenvalue weighted by atomic mass is 16.5. The first-order valence-corrected chi connectivity index (χ1v) is 9.22. The van der Waals surface area contributed by atoms with E-state index < -0.39 is 0 Å². The number of hydrogen-bond donors (Lipinski definition) is 0. The van der Waals surface area contributed by atoms with Gasteiger partial charge in [0.1, 0.15) is 5.75 Å². The first kappa shape index (κ1) is 19.8. The maximum absolute atomic E-state index is 12.7. The number of rotatable bonds is 6. The molecule has 1 atom stereocenters. The average molecular weight is 383 g/mol. The number of pyridine rings is 1. The van der Waals surface area contributed by atoms with Gasteiger partial charge in [-0.25, -0.2) is 0 Å². The van der Waals surface area contributed by atoms with E-state index in [0.29, 0.717) is 25.4 Å². The van der Waals surface area contributed by atoms with E-state index in [9.17, 15) is 9.59 Å². The van der Waals surface area contributed by atoms with Crippen molar-refractivity contribution >= 4 is 11.8 Å². The van der Waals surface area contributed by atoms with Gasteiger partial charge < -0.3 is 19.3 Å². The molecule has 28 heavy (non-hydrogen) atoms. The fraction of sp³-hybridized carbons (Fsp3) is 0.381. The van der Waals surface area contributed by atoms with Gasteiger partial charge >= 0.3 is 0 Å². The molecule has 148 valence electrons. The van der Waals surface area contributed by atoms with Gasteiger partial charge in [0, 0.05) is 39.1 Å². The van der Waals surface area contributed by atoms with Crippen molar-refractivity contribution < 1.29 is 19.1 Å². The summed E-state index contributed by atoms with van der Waals surface area (Å²) in [5, 5.41) is 0. The Hall–Kier alpha value is -2.93. The molecule has 2 heterocycles. The minimum absolute atomic E-state index is 0.0101. The second kappa shape index (κ2) is 9.32. The van der Waals surface area contributed by atoms with Crippen LogP contribution in [-0.4, -0.2) is 66.1 Å². The minimum atomic E-state index is -0.258. The number of aromatic nitrogens is 1. The van der Waals surface area contributed by atoms with Gasteiger partial charge in [0.2, 0.25) is 5.91 Å². The third-order valence-electron chi connectivity index (χ3n) is 4.69. The van der Waals surface area contributed by atoms with Gasteiger partial charge in [-0.2, -0.15) is 0 Å². The van der Waals surface area contributed by atoms with Crippen molar-refractivity contribution in [3.8, 4) is 5.75 Å². The van der Waals surface area contributed by atoms with E-state index in [1.54, 1.807) is 24.4 Å². The Labute approximate surface area is 164 Å². The number of aryl methyl sites for hydroxylation is 1. The van der Waals surface area contributed by atoms with Crippen molar-refractivity contribution in [2.45, 2.75) is 19.6 Å². The monoisotopic (exact) mass is 383 g/mol. The summed E-state index contributed by atoms with van der Waals surface area (Å²) in [5.41, 5.74) is 2.06. The van der Waals surface area contributed by atoms with Gasteiger partial charge in [-0.3, -0.25) is 14.6 Å². The van der Waals surface area contributed by atoms with Crippen LogP contribution in [0.3, 0.4) is 0 Å². The molecule has 0 unspecified atom stereocenters. The maximum atomic E-state index is 12.7. The Morgan fingerprint density at radius 2 is 2.00 bits per heavy atom. The van der Waals surface area contributed by atoms with E-state index in [-0.39, 0.29) is 31.1 Å². The lowest BCUT2D eigenvalue weighted by Gasteiger charge is -2.23. The molecule has 1 aliphatic rings. The highest BCUT2D eigenvalue weighted by molar-refractivity contribution is 5.86. The molecule has 7 nitrogen and oxygen atoms in total. The molecule has 0 bridgehead atoms. The number of carbonyl (C=O) groups is 2. The minimum Gasteiger partial charge on any atom is -0.484 e. The average Bonchev–Trinajstić information content (AvgIpc) is 2.87. The van der Waals surface area contributed by atoms with Gasteiger partial charge in [0.25, 0.3) is 5.91 Å². The molecule has 2 aromatic rings. The van der Waals surface area contributed by atoms with Gasteiger partial charge in [0.15, 0.2) is 6.61 Å². The third kappa shape index (κ3) is 5.29. The Balaban J connectivity index is 1.62. The maximum Gasteiger partial charge on any atom is 0.261 e. The van der Waals surface area contributed by atoms with E-state index in [4.69, 9.17) is 9.47 Å². The van der Waals surface area contributed by atoms with Crippen LogP contribution >= 0.6 is 0 Å². The van der Waals surface area contributed by atoms with Crippen LogP contribution in [0.5, 0.6) is 5.75 Å². The third-order valence-corrected chi connectivity index (χ3v) is 4.69. The summed E-state index contributed by atoms with van der Waals surface area (Å²) in [4.78, 5) is 32.7. The molecule has 2 amide bonds. The van der Waals surface area contributed by atoms with E-state index >= 15 is 0 Å². The first-order chi connectivity index (χ1) is 13.5. The lowest BCUT2D eigenvalue weighted by atomic mass is 10.2. The highest BCUT2D eigenvalue weighted by Gasteiger charge is 2.30. The molecule has 0 saturated carbocycles. The second-order valence-electron chi connectivity index (χ2n) is 6.87. The van der Waals surface area contributed by atoms with E-state index in [2.05, 4.69) is 4.98 Å². The summed E-state index contributed by atoms with van der Waals surface area (Å²) in [6, 6.07) is 11.3. The van der Waals surface area contributed by atoms with Crippen molar-refractivity contribution in [3.63, 3.8) is 0 Å². The molecule has 1 aromatic heterocycles. The molecule has 0 spiro atoms. The van der Waals surface area contributed by atoms with Crippen LogP contribution in [0.15, 0.2) is 48.8 Å². The van der Waals surface area contributed by atoms with Crippen molar-refractivity contribution in [2.24, 2.45) is 0 Å². The molecular weight excluding hydrogens is 358 g/mol. The molecule has 1 fully saturated rings. The topological polar surface area (TPSA) is 72.0 Å². The quantitative estimate of drug-likeness (QED) is 0.759. The Kier molecular flexibility index (Phi) is 6.60. The number of hydrogen-bond acceptors (Lipinski definition) is 5. The predicted molar refractivity (Wildman–Crippen MR) is 104 cm³/mol. The number of carbonyl (C=O) groups excluding carboxylic acids is 2.